The van der Waals surface area contributed by atoms with Gasteiger partial charge in [0.1, 0.15) is 0 Å². The summed E-state index contributed by atoms with van der Waals surface area (Å²) in [5.41, 5.74) is 1.23. The highest BCUT2D eigenvalue weighted by atomic mass is 79.9. The quantitative estimate of drug-likeness (QED) is 0.781. The van der Waals surface area contributed by atoms with E-state index in [2.05, 4.69) is 56.2 Å². The summed E-state index contributed by atoms with van der Waals surface area (Å²) < 4.78 is 1.85. The summed E-state index contributed by atoms with van der Waals surface area (Å²) in [4.78, 5) is 12.7. The molecule has 2 rings (SSSR count). The van der Waals surface area contributed by atoms with E-state index in [4.69, 9.17) is 0 Å². The fourth-order valence-corrected chi connectivity index (χ4v) is 3.64. The van der Waals surface area contributed by atoms with Gasteiger partial charge in [0.2, 0.25) is 0 Å². The van der Waals surface area contributed by atoms with Gasteiger partial charge in [0.05, 0.1) is 8.66 Å². The molecule has 0 spiro atoms. The molecule has 19 heavy (non-hydrogen) atoms. The van der Waals surface area contributed by atoms with Crippen LogP contribution in [0.25, 0.3) is 0 Å². The lowest BCUT2D eigenvalue weighted by atomic mass is 10.0. The molecule has 0 aliphatic carbocycles. The minimum Gasteiger partial charge on any atom is -0.351 e. The monoisotopic (exact) mass is 401 g/mol. The Morgan fingerprint density at radius 2 is 2.00 bits per heavy atom. The van der Waals surface area contributed by atoms with E-state index in [0.29, 0.717) is 17.3 Å². The summed E-state index contributed by atoms with van der Waals surface area (Å²) in [7, 11) is 0. The minimum absolute atomic E-state index is 0.0285. The SMILES string of the molecule is C[C@H](CNC(=O)c1cc(Br)c(Br)s1)c1ccccc1. The van der Waals surface area contributed by atoms with Gasteiger partial charge in [-0.3, -0.25) is 4.79 Å². The summed E-state index contributed by atoms with van der Waals surface area (Å²) in [5, 5.41) is 2.97. The van der Waals surface area contributed by atoms with Gasteiger partial charge in [0.25, 0.3) is 5.91 Å². The summed E-state index contributed by atoms with van der Waals surface area (Å²) in [5.74, 6) is 0.274. The Hall–Kier alpha value is -0.650. The summed E-state index contributed by atoms with van der Waals surface area (Å²) in [6.07, 6.45) is 0. The zero-order chi connectivity index (χ0) is 13.8. The Morgan fingerprint density at radius 1 is 1.32 bits per heavy atom. The molecular weight excluding hydrogens is 390 g/mol. The average molecular weight is 403 g/mol. The molecule has 2 nitrogen and oxygen atoms in total. The Morgan fingerprint density at radius 3 is 2.58 bits per heavy atom. The Labute approximate surface area is 133 Å². The first kappa shape index (κ1) is 14.8. The van der Waals surface area contributed by atoms with Crippen molar-refractivity contribution in [3.8, 4) is 0 Å². The highest BCUT2D eigenvalue weighted by molar-refractivity contribution is 9.13. The van der Waals surface area contributed by atoms with E-state index < -0.39 is 0 Å². The smallest absolute Gasteiger partial charge is 0.261 e. The number of thiophene rings is 1. The molecule has 1 N–H and O–H groups in total. The van der Waals surface area contributed by atoms with Crippen LogP contribution in [-0.2, 0) is 0 Å². The first-order valence-electron chi connectivity index (χ1n) is 5.86. The fourth-order valence-electron chi connectivity index (χ4n) is 1.69. The molecule has 5 heteroatoms. The third-order valence-corrected chi connectivity index (χ3v) is 6.06. The standard InChI is InChI=1S/C14H13Br2NOS/c1-9(10-5-3-2-4-6-10)8-17-14(18)12-7-11(15)13(16)19-12/h2-7,9H,8H2,1H3,(H,17,18)/t9-/m1/s1. The molecule has 1 aromatic carbocycles. The number of amides is 1. The second-order valence-electron chi connectivity index (χ2n) is 4.25. The molecule has 0 bridgehead atoms. The second kappa shape index (κ2) is 6.68. The van der Waals surface area contributed by atoms with Crippen molar-refractivity contribution < 1.29 is 4.79 Å². The largest absolute Gasteiger partial charge is 0.351 e. The summed E-state index contributed by atoms with van der Waals surface area (Å²) in [6.45, 7) is 2.74. The minimum atomic E-state index is -0.0285. The van der Waals surface area contributed by atoms with E-state index in [9.17, 15) is 4.79 Å². The Bertz CT molecular complexity index is 549. The van der Waals surface area contributed by atoms with Gasteiger partial charge in [-0.05, 0) is 49.4 Å². The maximum absolute atomic E-state index is 12.0. The van der Waals surface area contributed by atoms with Crippen LogP contribution in [0.15, 0.2) is 44.7 Å². The van der Waals surface area contributed by atoms with Crippen molar-refractivity contribution in [2.45, 2.75) is 12.8 Å². The molecule has 0 fully saturated rings. The van der Waals surface area contributed by atoms with Crippen molar-refractivity contribution in [1.29, 1.82) is 0 Å². The van der Waals surface area contributed by atoms with E-state index in [0.717, 1.165) is 8.26 Å². The molecule has 0 aliphatic heterocycles. The zero-order valence-electron chi connectivity index (χ0n) is 10.3. The van der Waals surface area contributed by atoms with E-state index in [-0.39, 0.29) is 5.91 Å². The lowest BCUT2D eigenvalue weighted by Crippen LogP contribution is -2.26. The lowest BCUT2D eigenvalue weighted by Gasteiger charge is -2.12. The zero-order valence-corrected chi connectivity index (χ0v) is 14.3. The highest BCUT2D eigenvalue weighted by Crippen LogP contribution is 2.32. The van der Waals surface area contributed by atoms with Crippen molar-refractivity contribution >= 4 is 49.1 Å². The first-order valence-corrected chi connectivity index (χ1v) is 8.26. The van der Waals surface area contributed by atoms with Crippen molar-refractivity contribution in [3.63, 3.8) is 0 Å². The van der Waals surface area contributed by atoms with Crippen LogP contribution in [0.4, 0.5) is 0 Å². The molecule has 2 aromatic rings. The first-order chi connectivity index (χ1) is 9.08. The molecule has 0 radical (unpaired) electrons. The Kier molecular flexibility index (Phi) is 5.19. The number of benzene rings is 1. The number of rotatable bonds is 4. The number of hydrogen-bond acceptors (Lipinski definition) is 2. The van der Waals surface area contributed by atoms with Crippen LogP contribution in [0.3, 0.4) is 0 Å². The van der Waals surface area contributed by atoms with Gasteiger partial charge in [0, 0.05) is 11.0 Å². The van der Waals surface area contributed by atoms with Gasteiger partial charge in [-0.25, -0.2) is 0 Å². The van der Waals surface area contributed by atoms with Gasteiger partial charge in [-0.2, -0.15) is 0 Å². The number of hydrogen-bond donors (Lipinski definition) is 1. The van der Waals surface area contributed by atoms with E-state index in [1.54, 1.807) is 0 Å². The van der Waals surface area contributed by atoms with Crippen molar-refractivity contribution in [3.05, 3.63) is 55.1 Å². The molecule has 1 atom stereocenters. The molecule has 1 amide bonds. The molecule has 0 unspecified atom stereocenters. The predicted octanol–water partition coefficient (Wildman–Crippen LogP) is 4.81. The van der Waals surface area contributed by atoms with Crippen LogP contribution in [0.5, 0.6) is 0 Å². The summed E-state index contributed by atoms with van der Waals surface area (Å²) >= 11 is 8.21. The second-order valence-corrected chi connectivity index (χ2v) is 7.48. The van der Waals surface area contributed by atoms with Crippen LogP contribution in [0.2, 0.25) is 0 Å². The molecule has 100 valence electrons. The number of carbonyl (C=O) groups is 1. The van der Waals surface area contributed by atoms with Crippen LogP contribution in [0.1, 0.15) is 28.1 Å². The van der Waals surface area contributed by atoms with Gasteiger partial charge in [-0.1, -0.05) is 37.3 Å². The molecular formula is C14H13Br2NOS. The average Bonchev–Trinajstić information content (AvgIpc) is 2.77. The maximum atomic E-state index is 12.0. The van der Waals surface area contributed by atoms with E-state index >= 15 is 0 Å². The van der Waals surface area contributed by atoms with Gasteiger partial charge < -0.3 is 5.32 Å². The summed E-state index contributed by atoms with van der Waals surface area (Å²) in [6, 6.07) is 12.0. The van der Waals surface area contributed by atoms with Gasteiger partial charge >= 0.3 is 0 Å². The van der Waals surface area contributed by atoms with E-state index in [1.165, 1.54) is 16.9 Å². The third kappa shape index (κ3) is 3.91. The topological polar surface area (TPSA) is 29.1 Å². The van der Waals surface area contributed by atoms with Crippen LogP contribution in [-0.4, -0.2) is 12.5 Å². The predicted molar refractivity (Wildman–Crippen MR) is 86.9 cm³/mol. The van der Waals surface area contributed by atoms with Crippen LogP contribution in [0, 0.1) is 0 Å². The highest BCUT2D eigenvalue weighted by Gasteiger charge is 2.13. The van der Waals surface area contributed by atoms with Gasteiger partial charge in [-0.15, -0.1) is 11.3 Å². The lowest BCUT2D eigenvalue weighted by molar-refractivity contribution is 0.0955. The fraction of sp³-hybridized carbons (Fsp3) is 0.214. The normalized spacial score (nSPS) is 12.2. The number of halogens is 2. The molecule has 1 heterocycles. The molecule has 1 aromatic heterocycles. The number of carbonyl (C=O) groups excluding carboxylic acids is 1. The van der Waals surface area contributed by atoms with Crippen molar-refractivity contribution in [2.75, 3.05) is 6.54 Å². The maximum Gasteiger partial charge on any atom is 0.261 e. The number of nitrogens with one attached hydrogen (secondary N) is 1. The molecule has 0 saturated heterocycles. The third-order valence-electron chi connectivity index (χ3n) is 2.81. The van der Waals surface area contributed by atoms with Crippen molar-refractivity contribution in [2.24, 2.45) is 0 Å². The van der Waals surface area contributed by atoms with Crippen LogP contribution >= 0.6 is 43.2 Å². The van der Waals surface area contributed by atoms with Crippen LogP contribution < -0.4 is 5.32 Å². The van der Waals surface area contributed by atoms with Crippen molar-refractivity contribution in [1.82, 2.24) is 5.32 Å². The molecule has 0 saturated carbocycles. The molecule has 0 aliphatic rings. The Balaban J connectivity index is 1.94. The van der Waals surface area contributed by atoms with E-state index in [1.807, 2.05) is 24.3 Å². The van der Waals surface area contributed by atoms with Gasteiger partial charge in [0.15, 0.2) is 0 Å².